The second kappa shape index (κ2) is 9.22. The van der Waals surface area contributed by atoms with Crippen LogP contribution in [0.25, 0.3) is 0 Å². The highest BCUT2D eigenvalue weighted by atomic mass is 32.1. The van der Waals surface area contributed by atoms with Gasteiger partial charge in [-0.25, -0.2) is 9.18 Å². The first-order valence-corrected chi connectivity index (χ1v) is 10.8. The molecule has 0 saturated carbocycles. The predicted octanol–water partition coefficient (Wildman–Crippen LogP) is 4.65. The summed E-state index contributed by atoms with van der Waals surface area (Å²) in [4.78, 5) is 26.7. The SMILES string of the molecule is Cc1cccc(NC(=O)N2CCC(c3nnc(C(=O)Nc4cccc(F)c4)s3)CC2)c1. The molecule has 4 rings (SSSR count). The van der Waals surface area contributed by atoms with Crippen LogP contribution in [0.3, 0.4) is 0 Å². The number of amides is 3. The number of carbonyl (C=O) groups is 2. The molecule has 31 heavy (non-hydrogen) atoms. The van der Waals surface area contributed by atoms with Crippen molar-refractivity contribution < 1.29 is 14.0 Å². The Morgan fingerprint density at radius 3 is 2.45 bits per heavy atom. The van der Waals surface area contributed by atoms with Gasteiger partial charge in [-0.15, -0.1) is 10.2 Å². The lowest BCUT2D eigenvalue weighted by molar-refractivity contribution is 0.102. The zero-order chi connectivity index (χ0) is 21.8. The van der Waals surface area contributed by atoms with Gasteiger partial charge in [0.2, 0.25) is 5.01 Å². The summed E-state index contributed by atoms with van der Waals surface area (Å²) in [5, 5.41) is 14.8. The number of hydrogen-bond acceptors (Lipinski definition) is 5. The molecule has 1 saturated heterocycles. The summed E-state index contributed by atoms with van der Waals surface area (Å²) >= 11 is 1.24. The molecule has 1 aromatic heterocycles. The quantitative estimate of drug-likeness (QED) is 0.620. The molecule has 0 aliphatic carbocycles. The van der Waals surface area contributed by atoms with Crippen molar-refractivity contribution in [3.8, 4) is 0 Å². The fraction of sp³-hybridized carbons (Fsp3) is 0.273. The van der Waals surface area contributed by atoms with E-state index in [1.807, 2.05) is 31.2 Å². The largest absolute Gasteiger partial charge is 0.324 e. The monoisotopic (exact) mass is 439 g/mol. The lowest BCUT2D eigenvalue weighted by Gasteiger charge is -2.31. The van der Waals surface area contributed by atoms with Crippen LogP contribution < -0.4 is 10.6 Å². The average Bonchev–Trinajstić information content (AvgIpc) is 3.24. The van der Waals surface area contributed by atoms with Gasteiger partial charge in [-0.3, -0.25) is 4.79 Å². The van der Waals surface area contributed by atoms with Crippen LogP contribution in [0.5, 0.6) is 0 Å². The molecule has 7 nitrogen and oxygen atoms in total. The molecule has 1 aliphatic rings. The first-order chi connectivity index (χ1) is 15.0. The van der Waals surface area contributed by atoms with Gasteiger partial charge in [-0.1, -0.05) is 29.5 Å². The Balaban J connectivity index is 1.31. The summed E-state index contributed by atoms with van der Waals surface area (Å²) in [5.74, 6) is -0.686. The van der Waals surface area contributed by atoms with E-state index >= 15 is 0 Å². The molecule has 160 valence electrons. The summed E-state index contributed by atoms with van der Waals surface area (Å²) in [6.45, 7) is 3.19. The normalized spacial score (nSPS) is 14.3. The number of likely N-dealkylation sites (tertiary alicyclic amines) is 1. The fourth-order valence-corrected chi connectivity index (χ4v) is 4.40. The van der Waals surface area contributed by atoms with Gasteiger partial charge in [0.05, 0.1) is 0 Å². The zero-order valence-electron chi connectivity index (χ0n) is 17.0. The van der Waals surface area contributed by atoms with Gasteiger partial charge in [0.15, 0.2) is 0 Å². The molecule has 3 amide bonds. The van der Waals surface area contributed by atoms with E-state index < -0.39 is 11.7 Å². The van der Waals surface area contributed by atoms with Crippen molar-refractivity contribution in [2.24, 2.45) is 0 Å². The second-order valence-corrected chi connectivity index (χ2v) is 8.48. The Bertz CT molecular complexity index is 1090. The van der Waals surface area contributed by atoms with Gasteiger partial charge in [-0.05, 0) is 55.7 Å². The van der Waals surface area contributed by atoms with Gasteiger partial charge in [-0.2, -0.15) is 0 Å². The number of nitrogens with one attached hydrogen (secondary N) is 2. The number of urea groups is 1. The van der Waals surface area contributed by atoms with Gasteiger partial charge < -0.3 is 15.5 Å². The third kappa shape index (κ3) is 5.24. The smallest absolute Gasteiger partial charge is 0.321 e. The van der Waals surface area contributed by atoms with Gasteiger partial charge >= 0.3 is 6.03 Å². The van der Waals surface area contributed by atoms with Gasteiger partial charge in [0.1, 0.15) is 10.8 Å². The minimum atomic E-state index is -0.422. The molecule has 1 aliphatic heterocycles. The van der Waals surface area contributed by atoms with Crippen molar-refractivity contribution >= 4 is 34.6 Å². The Morgan fingerprint density at radius 1 is 1.03 bits per heavy atom. The van der Waals surface area contributed by atoms with E-state index in [4.69, 9.17) is 0 Å². The van der Waals surface area contributed by atoms with E-state index in [1.165, 1.54) is 29.5 Å². The van der Waals surface area contributed by atoms with Crippen molar-refractivity contribution in [1.82, 2.24) is 15.1 Å². The fourth-order valence-electron chi connectivity index (χ4n) is 3.50. The van der Waals surface area contributed by atoms with Crippen LogP contribution in [-0.4, -0.2) is 40.1 Å². The van der Waals surface area contributed by atoms with E-state index in [9.17, 15) is 14.0 Å². The van der Waals surface area contributed by atoms with Gasteiger partial charge in [0, 0.05) is 30.4 Å². The van der Waals surface area contributed by atoms with E-state index in [2.05, 4.69) is 20.8 Å². The van der Waals surface area contributed by atoms with Crippen LogP contribution in [0.4, 0.5) is 20.6 Å². The average molecular weight is 440 g/mol. The molecular weight excluding hydrogens is 417 g/mol. The Morgan fingerprint density at radius 2 is 1.74 bits per heavy atom. The third-order valence-corrected chi connectivity index (χ3v) is 6.20. The Hall–Kier alpha value is -3.33. The lowest BCUT2D eigenvalue weighted by atomic mass is 9.98. The molecule has 0 radical (unpaired) electrons. The molecule has 9 heteroatoms. The lowest BCUT2D eigenvalue weighted by Crippen LogP contribution is -2.40. The number of rotatable bonds is 4. The highest BCUT2D eigenvalue weighted by Gasteiger charge is 2.27. The number of nitrogens with zero attached hydrogens (tertiary/aromatic N) is 3. The van der Waals surface area contributed by atoms with Crippen LogP contribution >= 0.6 is 11.3 Å². The highest BCUT2D eigenvalue weighted by Crippen LogP contribution is 2.30. The number of halogens is 1. The Kier molecular flexibility index (Phi) is 6.22. The third-order valence-electron chi connectivity index (χ3n) is 5.12. The molecule has 0 atom stereocenters. The maximum atomic E-state index is 13.3. The standard InChI is InChI=1S/C22H22FN5O2S/c1-14-4-2-6-17(12-14)25-22(30)28-10-8-15(9-11-28)20-26-27-21(31-20)19(29)24-18-7-3-5-16(23)13-18/h2-7,12-13,15H,8-11H2,1H3,(H,24,29)(H,25,30). The second-order valence-electron chi connectivity index (χ2n) is 7.47. The molecule has 0 spiro atoms. The molecule has 0 bridgehead atoms. The van der Waals surface area contributed by atoms with Crippen molar-refractivity contribution in [1.29, 1.82) is 0 Å². The molecule has 2 N–H and O–H groups in total. The van der Waals surface area contributed by atoms with Crippen molar-refractivity contribution in [2.45, 2.75) is 25.7 Å². The first kappa shape index (κ1) is 20.9. The van der Waals surface area contributed by atoms with E-state index in [1.54, 1.807) is 11.0 Å². The summed E-state index contributed by atoms with van der Waals surface area (Å²) in [6.07, 6.45) is 1.50. The van der Waals surface area contributed by atoms with Crippen LogP contribution in [0.1, 0.15) is 39.1 Å². The topological polar surface area (TPSA) is 87.2 Å². The maximum Gasteiger partial charge on any atom is 0.321 e. The van der Waals surface area contributed by atoms with E-state index in [-0.39, 0.29) is 17.0 Å². The minimum Gasteiger partial charge on any atom is -0.324 e. The van der Waals surface area contributed by atoms with Gasteiger partial charge in [0.25, 0.3) is 5.91 Å². The highest BCUT2D eigenvalue weighted by molar-refractivity contribution is 7.13. The number of benzene rings is 2. The minimum absolute atomic E-state index is 0.114. The number of hydrogen-bond donors (Lipinski definition) is 2. The van der Waals surface area contributed by atoms with E-state index in [0.29, 0.717) is 18.8 Å². The summed E-state index contributed by atoms with van der Waals surface area (Å²) in [6, 6.07) is 13.3. The number of aryl methyl sites for hydroxylation is 1. The number of carbonyl (C=O) groups excluding carboxylic acids is 2. The molecule has 0 unspecified atom stereocenters. The number of aromatic nitrogens is 2. The number of anilines is 2. The van der Waals surface area contributed by atoms with Crippen LogP contribution in [0, 0.1) is 12.7 Å². The molecule has 1 fully saturated rings. The molecule has 2 heterocycles. The van der Waals surface area contributed by atoms with Crippen LogP contribution in [0.2, 0.25) is 0 Å². The maximum absolute atomic E-state index is 13.3. The van der Waals surface area contributed by atoms with Crippen LogP contribution in [-0.2, 0) is 0 Å². The number of piperidine rings is 1. The molecule has 3 aromatic rings. The van der Waals surface area contributed by atoms with Crippen molar-refractivity contribution in [2.75, 3.05) is 23.7 Å². The Labute approximate surface area is 183 Å². The summed E-state index contributed by atoms with van der Waals surface area (Å²) < 4.78 is 13.3. The molecule has 2 aromatic carbocycles. The predicted molar refractivity (Wildman–Crippen MR) is 118 cm³/mol. The van der Waals surface area contributed by atoms with Crippen LogP contribution in [0.15, 0.2) is 48.5 Å². The van der Waals surface area contributed by atoms with Crippen molar-refractivity contribution in [3.63, 3.8) is 0 Å². The first-order valence-electron chi connectivity index (χ1n) is 10.0. The molecular formula is C22H22FN5O2S. The van der Waals surface area contributed by atoms with Crippen molar-refractivity contribution in [3.05, 3.63) is 69.9 Å². The zero-order valence-corrected chi connectivity index (χ0v) is 17.8. The summed E-state index contributed by atoms with van der Waals surface area (Å²) in [5.41, 5.74) is 2.24. The van der Waals surface area contributed by atoms with E-state index in [0.717, 1.165) is 29.1 Å². The summed E-state index contributed by atoms with van der Waals surface area (Å²) in [7, 11) is 0.